The maximum Gasteiger partial charge on any atom is 0.165 e. The Labute approximate surface area is 125 Å². The Hall–Kier alpha value is -1.94. The van der Waals surface area contributed by atoms with Crippen LogP contribution in [0.4, 0.5) is 4.39 Å². The third-order valence-electron chi connectivity index (χ3n) is 3.35. The summed E-state index contributed by atoms with van der Waals surface area (Å²) in [5.74, 6) is -0.0866. The van der Waals surface area contributed by atoms with Gasteiger partial charge in [0.25, 0.3) is 0 Å². The standard InChI is InChI=1S/C17H21FN2O/c1-5-19-17(14-8-11(2)20-12(3)9-14)13-6-7-16(21-4)15(18)10-13/h6-10,17,19H,5H2,1-4H3. The minimum Gasteiger partial charge on any atom is -0.494 e. The van der Waals surface area contributed by atoms with E-state index < -0.39 is 0 Å². The molecule has 0 amide bonds. The van der Waals surface area contributed by atoms with Gasteiger partial charge in [-0.25, -0.2) is 4.39 Å². The van der Waals surface area contributed by atoms with Crippen LogP contribution in [0.15, 0.2) is 30.3 Å². The predicted molar refractivity (Wildman–Crippen MR) is 82.2 cm³/mol. The second-order valence-corrected chi connectivity index (χ2v) is 5.07. The molecule has 0 aliphatic carbocycles. The molecular formula is C17H21FN2O. The van der Waals surface area contributed by atoms with Gasteiger partial charge in [-0.05, 0) is 55.8 Å². The Morgan fingerprint density at radius 2 is 1.81 bits per heavy atom. The van der Waals surface area contributed by atoms with Crippen LogP contribution in [0.2, 0.25) is 0 Å². The lowest BCUT2D eigenvalue weighted by Gasteiger charge is -2.20. The molecule has 0 saturated heterocycles. The fourth-order valence-electron chi connectivity index (χ4n) is 2.53. The van der Waals surface area contributed by atoms with Crippen LogP contribution in [0.5, 0.6) is 5.75 Å². The highest BCUT2D eigenvalue weighted by Gasteiger charge is 2.16. The highest BCUT2D eigenvalue weighted by Crippen LogP contribution is 2.27. The Kier molecular flexibility index (Phi) is 4.91. The first-order chi connectivity index (χ1) is 10.0. The van der Waals surface area contributed by atoms with Crippen LogP contribution in [0.3, 0.4) is 0 Å². The third kappa shape index (κ3) is 3.58. The highest BCUT2D eigenvalue weighted by molar-refractivity contribution is 5.37. The lowest BCUT2D eigenvalue weighted by Crippen LogP contribution is -2.22. The molecule has 1 atom stereocenters. The average molecular weight is 288 g/mol. The van der Waals surface area contributed by atoms with Gasteiger partial charge in [0, 0.05) is 11.4 Å². The molecule has 21 heavy (non-hydrogen) atoms. The summed E-state index contributed by atoms with van der Waals surface area (Å²) >= 11 is 0. The summed E-state index contributed by atoms with van der Waals surface area (Å²) in [5.41, 5.74) is 3.88. The summed E-state index contributed by atoms with van der Waals surface area (Å²) in [6, 6.07) is 9.08. The summed E-state index contributed by atoms with van der Waals surface area (Å²) in [6.45, 7) is 6.76. The normalized spacial score (nSPS) is 12.2. The number of halogens is 1. The van der Waals surface area contributed by atoms with Crippen LogP contribution in [0, 0.1) is 19.7 Å². The maximum absolute atomic E-state index is 14.0. The van der Waals surface area contributed by atoms with E-state index in [0.717, 1.165) is 29.1 Å². The first kappa shape index (κ1) is 15.4. The minimum absolute atomic E-state index is 0.0594. The van der Waals surface area contributed by atoms with Crippen molar-refractivity contribution in [1.82, 2.24) is 10.3 Å². The topological polar surface area (TPSA) is 34.2 Å². The number of aromatic nitrogens is 1. The van der Waals surface area contributed by atoms with Gasteiger partial charge in [-0.15, -0.1) is 0 Å². The number of rotatable bonds is 5. The molecule has 4 heteroatoms. The van der Waals surface area contributed by atoms with Crippen LogP contribution in [-0.4, -0.2) is 18.6 Å². The molecular weight excluding hydrogens is 267 g/mol. The Bertz CT molecular complexity index is 608. The Morgan fingerprint density at radius 1 is 1.14 bits per heavy atom. The third-order valence-corrected chi connectivity index (χ3v) is 3.35. The van der Waals surface area contributed by atoms with Gasteiger partial charge in [0.2, 0.25) is 0 Å². The zero-order chi connectivity index (χ0) is 15.4. The molecule has 3 nitrogen and oxygen atoms in total. The van der Waals surface area contributed by atoms with Crippen molar-refractivity contribution in [2.24, 2.45) is 0 Å². The first-order valence-electron chi connectivity index (χ1n) is 7.07. The van der Waals surface area contributed by atoms with Crippen molar-refractivity contribution in [1.29, 1.82) is 0 Å². The molecule has 0 spiro atoms. The van der Waals surface area contributed by atoms with E-state index in [0.29, 0.717) is 0 Å². The van der Waals surface area contributed by atoms with E-state index in [9.17, 15) is 4.39 Å². The van der Waals surface area contributed by atoms with E-state index in [1.807, 2.05) is 39.0 Å². The molecule has 0 fully saturated rings. The van der Waals surface area contributed by atoms with Crippen molar-refractivity contribution in [3.05, 3.63) is 58.7 Å². The molecule has 0 saturated carbocycles. The highest BCUT2D eigenvalue weighted by atomic mass is 19.1. The van der Waals surface area contributed by atoms with Crippen LogP contribution >= 0.6 is 0 Å². The van der Waals surface area contributed by atoms with Gasteiger partial charge in [-0.1, -0.05) is 13.0 Å². The van der Waals surface area contributed by atoms with Crippen LogP contribution in [0.1, 0.15) is 35.5 Å². The second kappa shape index (κ2) is 6.68. The molecule has 2 rings (SSSR count). The van der Waals surface area contributed by atoms with E-state index >= 15 is 0 Å². The smallest absolute Gasteiger partial charge is 0.165 e. The van der Waals surface area contributed by atoms with Gasteiger partial charge in [-0.2, -0.15) is 0 Å². The molecule has 1 heterocycles. The Balaban J connectivity index is 2.45. The fourth-order valence-corrected chi connectivity index (χ4v) is 2.53. The quantitative estimate of drug-likeness (QED) is 0.913. The van der Waals surface area contributed by atoms with Gasteiger partial charge in [-0.3, -0.25) is 4.98 Å². The number of methoxy groups -OCH3 is 1. The van der Waals surface area contributed by atoms with Crippen LogP contribution in [-0.2, 0) is 0 Å². The molecule has 1 aromatic heterocycles. The van der Waals surface area contributed by atoms with Crippen molar-refractivity contribution >= 4 is 0 Å². The van der Waals surface area contributed by atoms with E-state index in [1.165, 1.54) is 13.2 Å². The van der Waals surface area contributed by atoms with Gasteiger partial charge in [0.1, 0.15) is 0 Å². The predicted octanol–water partition coefficient (Wildman–Crippen LogP) is 3.55. The summed E-state index contributed by atoms with van der Waals surface area (Å²) in [5, 5.41) is 3.40. The van der Waals surface area contributed by atoms with Gasteiger partial charge >= 0.3 is 0 Å². The van der Waals surface area contributed by atoms with Crippen molar-refractivity contribution in [3.8, 4) is 5.75 Å². The van der Waals surface area contributed by atoms with Gasteiger partial charge in [0.05, 0.1) is 13.2 Å². The largest absolute Gasteiger partial charge is 0.494 e. The fraction of sp³-hybridized carbons (Fsp3) is 0.353. The van der Waals surface area contributed by atoms with Crippen molar-refractivity contribution in [3.63, 3.8) is 0 Å². The maximum atomic E-state index is 14.0. The molecule has 0 bridgehead atoms. The number of nitrogens with one attached hydrogen (secondary N) is 1. The van der Waals surface area contributed by atoms with E-state index in [1.54, 1.807) is 6.07 Å². The number of aryl methyl sites for hydroxylation is 2. The molecule has 0 radical (unpaired) electrons. The molecule has 1 aromatic carbocycles. The van der Waals surface area contributed by atoms with E-state index in [2.05, 4.69) is 10.3 Å². The van der Waals surface area contributed by atoms with E-state index in [4.69, 9.17) is 4.74 Å². The molecule has 1 unspecified atom stereocenters. The SMILES string of the molecule is CCNC(c1cc(C)nc(C)c1)c1ccc(OC)c(F)c1. The number of hydrogen-bond donors (Lipinski definition) is 1. The summed E-state index contributed by atoms with van der Waals surface area (Å²) in [6.07, 6.45) is 0. The number of hydrogen-bond acceptors (Lipinski definition) is 3. The van der Waals surface area contributed by atoms with Crippen molar-refractivity contribution in [2.45, 2.75) is 26.8 Å². The average Bonchev–Trinajstić information content (AvgIpc) is 2.43. The van der Waals surface area contributed by atoms with Gasteiger partial charge < -0.3 is 10.1 Å². The molecule has 2 aromatic rings. The lowest BCUT2D eigenvalue weighted by molar-refractivity contribution is 0.385. The second-order valence-electron chi connectivity index (χ2n) is 5.07. The van der Waals surface area contributed by atoms with Crippen LogP contribution < -0.4 is 10.1 Å². The lowest BCUT2D eigenvalue weighted by atomic mass is 9.97. The van der Waals surface area contributed by atoms with Gasteiger partial charge in [0.15, 0.2) is 11.6 Å². The first-order valence-corrected chi connectivity index (χ1v) is 7.07. The summed E-state index contributed by atoms with van der Waals surface area (Å²) in [4.78, 5) is 4.39. The molecule has 0 aliphatic heterocycles. The van der Waals surface area contributed by atoms with Crippen LogP contribution in [0.25, 0.3) is 0 Å². The van der Waals surface area contributed by atoms with Crippen molar-refractivity contribution in [2.75, 3.05) is 13.7 Å². The summed E-state index contributed by atoms with van der Waals surface area (Å²) < 4.78 is 18.9. The number of nitrogens with zero attached hydrogens (tertiary/aromatic N) is 1. The zero-order valence-corrected chi connectivity index (χ0v) is 12.9. The molecule has 1 N–H and O–H groups in total. The summed E-state index contributed by atoms with van der Waals surface area (Å²) in [7, 11) is 1.47. The Morgan fingerprint density at radius 3 is 2.33 bits per heavy atom. The number of ether oxygens (including phenoxy) is 1. The molecule has 0 aliphatic rings. The minimum atomic E-state index is -0.347. The zero-order valence-electron chi connectivity index (χ0n) is 12.9. The van der Waals surface area contributed by atoms with Crippen molar-refractivity contribution < 1.29 is 9.13 Å². The van der Waals surface area contributed by atoms with E-state index in [-0.39, 0.29) is 17.6 Å². The number of pyridine rings is 1. The number of benzene rings is 1. The molecule has 112 valence electrons. The monoisotopic (exact) mass is 288 g/mol.